The van der Waals surface area contributed by atoms with Crippen LogP contribution in [0.4, 0.5) is 0 Å². The molecule has 0 radical (unpaired) electrons. The standard InChI is InChI=1S/C17H18N4O2/c22-17(15-9-18-11-23-15)21-5-1-2-12(10-21)6-13-7-14-3-4-19-16(14)20-8-13/h3-4,7-9,11-12H,1-2,5-6,10H2,(H,19,20). The fourth-order valence-electron chi connectivity index (χ4n) is 3.32. The molecular weight excluding hydrogens is 292 g/mol. The van der Waals surface area contributed by atoms with Crippen LogP contribution in [0.3, 0.4) is 0 Å². The summed E-state index contributed by atoms with van der Waals surface area (Å²) >= 11 is 0. The van der Waals surface area contributed by atoms with E-state index >= 15 is 0 Å². The van der Waals surface area contributed by atoms with Gasteiger partial charge in [0, 0.05) is 30.9 Å². The second kappa shape index (κ2) is 5.87. The highest BCUT2D eigenvalue weighted by Crippen LogP contribution is 2.23. The number of H-pyrrole nitrogens is 1. The Morgan fingerprint density at radius 2 is 2.39 bits per heavy atom. The molecule has 1 unspecified atom stereocenters. The lowest BCUT2D eigenvalue weighted by Gasteiger charge is -2.32. The van der Waals surface area contributed by atoms with Crippen LogP contribution in [0.15, 0.2) is 41.5 Å². The Bertz CT molecular complexity index is 809. The van der Waals surface area contributed by atoms with E-state index in [2.05, 4.69) is 21.0 Å². The van der Waals surface area contributed by atoms with Crippen LogP contribution < -0.4 is 0 Å². The predicted octanol–water partition coefficient (Wildman–Crippen LogP) is 2.65. The van der Waals surface area contributed by atoms with Crippen LogP contribution in [0.25, 0.3) is 11.0 Å². The van der Waals surface area contributed by atoms with Gasteiger partial charge in [0.2, 0.25) is 5.76 Å². The number of hydrogen-bond acceptors (Lipinski definition) is 4. The number of nitrogens with one attached hydrogen (secondary N) is 1. The van der Waals surface area contributed by atoms with E-state index in [-0.39, 0.29) is 5.91 Å². The zero-order valence-corrected chi connectivity index (χ0v) is 12.7. The average Bonchev–Trinajstić information content (AvgIpc) is 3.25. The molecule has 1 fully saturated rings. The second-order valence-electron chi connectivity index (χ2n) is 6.09. The number of carbonyl (C=O) groups excluding carboxylic acids is 1. The van der Waals surface area contributed by atoms with Crippen molar-refractivity contribution in [2.24, 2.45) is 5.92 Å². The predicted molar refractivity (Wildman–Crippen MR) is 84.9 cm³/mol. The molecule has 1 aliphatic heterocycles. The van der Waals surface area contributed by atoms with Crippen molar-refractivity contribution in [3.05, 3.63) is 48.4 Å². The molecule has 1 atom stereocenters. The van der Waals surface area contributed by atoms with E-state index in [4.69, 9.17) is 4.42 Å². The highest BCUT2D eigenvalue weighted by atomic mass is 16.3. The van der Waals surface area contributed by atoms with Crippen LogP contribution in [0.2, 0.25) is 0 Å². The lowest BCUT2D eigenvalue weighted by molar-refractivity contribution is 0.0641. The van der Waals surface area contributed by atoms with Crippen molar-refractivity contribution in [3.63, 3.8) is 0 Å². The Morgan fingerprint density at radius 3 is 3.26 bits per heavy atom. The fourth-order valence-corrected chi connectivity index (χ4v) is 3.32. The summed E-state index contributed by atoms with van der Waals surface area (Å²) in [5.41, 5.74) is 2.13. The fraction of sp³-hybridized carbons (Fsp3) is 0.353. The summed E-state index contributed by atoms with van der Waals surface area (Å²) in [4.78, 5) is 25.6. The normalized spacial score (nSPS) is 18.4. The number of carbonyl (C=O) groups is 1. The molecule has 4 heterocycles. The number of amides is 1. The number of aromatic nitrogens is 3. The number of nitrogens with zero attached hydrogens (tertiary/aromatic N) is 3. The summed E-state index contributed by atoms with van der Waals surface area (Å²) in [6.07, 6.45) is 9.70. The molecule has 6 nitrogen and oxygen atoms in total. The number of aromatic amines is 1. The maximum absolute atomic E-state index is 12.4. The van der Waals surface area contributed by atoms with Gasteiger partial charge in [-0.1, -0.05) is 0 Å². The summed E-state index contributed by atoms with van der Waals surface area (Å²) in [7, 11) is 0. The summed E-state index contributed by atoms with van der Waals surface area (Å²) in [6, 6.07) is 4.21. The molecule has 1 aliphatic rings. The van der Waals surface area contributed by atoms with Crippen molar-refractivity contribution in [2.45, 2.75) is 19.3 Å². The molecular formula is C17H18N4O2. The smallest absolute Gasteiger partial charge is 0.291 e. The van der Waals surface area contributed by atoms with Gasteiger partial charge in [-0.2, -0.15) is 0 Å². The molecule has 3 aromatic heterocycles. The number of rotatable bonds is 3. The molecule has 0 saturated carbocycles. The first-order valence-corrected chi connectivity index (χ1v) is 7.89. The van der Waals surface area contributed by atoms with E-state index in [1.54, 1.807) is 0 Å². The lowest BCUT2D eigenvalue weighted by atomic mass is 9.91. The van der Waals surface area contributed by atoms with Gasteiger partial charge in [-0.05, 0) is 42.9 Å². The number of fused-ring (bicyclic) bond motifs is 1. The molecule has 23 heavy (non-hydrogen) atoms. The summed E-state index contributed by atoms with van der Waals surface area (Å²) in [6.45, 7) is 1.54. The number of pyridine rings is 1. The molecule has 118 valence electrons. The Kier molecular flexibility index (Phi) is 3.57. The second-order valence-corrected chi connectivity index (χ2v) is 6.09. The molecule has 3 aromatic rings. The molecule has 0 aromatic carbocycles. The molecule has 0 aliphatic carbocycles. The zero-order chi connectivity index (χ0) is 15.6. The first-order valence-electron chi connectivity index (χ1n) is 7.89. The van der Waals surface area contributed by atoms with Crippen LogP contribution >= 0.6 is 0 Å². The molecule has 0 spiro atoms. The third-order valence-electron chi connectivity index (χ3n) is 4.43. The van der Waals surface area contributed by atoms with Gasteiger partial charge < -0.3 is 14.3 Å². The van der Waals surface area contributed by atoms with Crippen molar-refractivity contribution in [3.8, 4) is 0 Å². The van der Waals surface area contributed by atoms with Crippen LogP contribution in [0.5, 0.6) is 0 Å². The van der Waals surface area contributed by atoms with Crippen LogP contribution in [-0.4, -0.2) is 38.8 Å². The van der Waals surface area contributed by atoms with Gasteiger partial charge in [-0.3, -0.25) is 4.79 Å². The van der Waals surface area contributed by atoms with E-state index in [1.807, 2.05) is 23.4 Å². The lowest BCUT2D eigenvalue weighted by Crippen LogP contribution is -2.40. The van der Waals surface area contributed by atoms with Gasteiger partial charge in [0.05, 0.1) is 6.20 Å². The Balaban J connectivity index is 1.45. The molecule has 6 heteroatoms. The van der Waals surface area contributed by atoms with Gasteiger partial charge in [0.25, 0.3) is 5.91 Å². The average molecular weight is 310 g/mol. The monoisotopic (exact) mass is 310 g/mol. The number of likely N-dealkylation sites (tertiary alicyclic amines) is 1. The highest BCUT2D eigenvalue weighted by Gasteiger charge is 2.26. The minimum Gasteiger partial charge on any atom is -0.438 e. The first kappa shape index (κ1) is 14.0. The van der Waals surface area contributed by atoms with Gasteiger partial charge in [0.1, 0.15) is 5.65 Å². The highest BCUT2D eigenvalue weighted by molar-refractivity contribution is 5.91. The van der Waals surface area contributed by atoms with Crippen molar-refractivity contribution in [1.29, 1.82) is 0 Å². The molecule has 1 amide bonds. The first-order chi connectivity index (χ1) is 11.3. The quantitative estimate of drug-likeness (QED) is 0.807. The molecule has 1 saturated heterocycles. The maximum Gasteiger partial charge on any atom is 0.291 e. The van der Waals surface area contributed by atoms with E-state index in [1.165, 1.54) is 18.2 Å². The Morgan fingerprint density at radius 1 is 1.43 bits per heavy atom. The minimum absolute atomic E-state index is 0.0635. The van der Waals surface area contributed by atoms with Gasteiger partial charge in [-0.15, -0.1) is 0 Å². The number of hydrogen-bond donors (Lipinski definition) is 1. The van der Waals surface area contributed by atoms with E-state index < -0.39 is 0 Å². The van der Waals surface area contributed by atoms with Crippen molar-refractivity contribution < 1.29 is 9.21 Å². The van der Waals surface area contributed by atoms with E-state index in [0.29, 0.717) is 11.7 Å². The van der Waals surface area contributed by atoms with Crippen LogP contribution in [0.1, 0.15) is 29.0 Å². The Labute approximate surface area is 133 Å². The summed E-state index contributed by atoms with van der Waals surface area (Å²) in [5.74, 6) is 0.710. The van der Waals surface area contributed by atoms with Crippen molar-refractivity contribution >= 4 is 16.9 Å². The summed E-state index contributed by atoms with van der Waals surface area (Å²) in [5, 5.41) is 1.13. The largest absolute Gasteiger partial charge is 0.438 e. The van der Waals surface area contributed by atoms with Gasteiger partial charge in [0.15, 0.2) is 6.39 Å². The number of oxazole rings is 1. The van der Waals surface area contributed by atoms with Gasteiger partial charge >= 0.3 is 0 Å². The van der Waals surface area contributed by atoms with Crippen molar-refractivity contribution in [1.82, 2.24) is 19.9 Å². The molecule has 1 N–H and O–H groups in total. The SMILES string of the molecule is O=C(c1cnco1)N1CCCC(Cc2cnc3[nH]ccc3c2)C1. The zero-order valence-electron chi connectivity index (χ0n) is 12.7. The maximum atomic E-state index is 12.4. The van der Waals surface area contributed by atoms with E-state index in [0.717, 1.165) is 43.4 Å². The van der Waals surface area contributed by atoms with Crippen molar-refractivity contribution in [2.75, 3.05) is 13.1 Å². The molecule has 0 bridgehead atoms. The third kappa shape index (κ3) is 2.84. The third-order valence-corrected chi connectivity index (χ3v) is 4.43. The number of piperidine rings is 1. The van der Waals surface area contributed by atoms with Gasteiger partial charge in [-0.25, -0.2) is 9.97 Å². The summed E-state index contributed by atoms with van der Waals surface area (Å²) < 4.78 is 5.13. The molecule has 4 rings (SSSR count). The van der Waals surface area contributed by atoms with Crippen LogP contribution in [0, 0.1) is 5.92 Å². The minimum atomic E-state index is -0.0635. The Hall–Kier alpha value is -2.63. The van der Waals surface area contributed by atoms with Crippen LogP contribution in [-0.2, 0) is 6.42 Å². The topological polar surface area (TPSA) is 75.0 Å². The van der Waals surface area contributed by atoms with E-state index in [9.17, 15) is 4.79 Å².